The van der Waals surface area contributed by atoms with Crippen molar-refractivity contribution in [2.75, 3.05) is 25.0 Å². The highest BCUT2D eigenvalue weighted by atomic mass is 32.2. The van der Waals surface area contributed by atoms with E-state index >= 15 is 0 Å². The molecule has 0 saturated heterocycles. The Bertz CT molecular complexity index is 1300. The van der Waals surface area contributed by atoms with Gasteiger partial charge in [-0.3, -0.25) is 9.62 Å². The third kappa shape index (κ3) is 7.82. The molecule has 0 radical (unpaired) electrons. The molecule has 0 fully saturated rings. The van der Waals surface area contributed by atoms with Crippen molar-refractivity contribution in [3.05, 3.63) is 65.5 Å². The Kier molecular flexibility index (Phi) is 9.93. The van der Waals surface area contributed by atoms with E-state index in [9.17, 15) is 8.42 Å². The SMILES string of the molecule is COc1ccc(COc2nc(C)cnc2NS(=O)(=O)c2ccc(C)cc2)cc1OCCN(C(C)C)C(C)C. The topological polar surface area (TPSA) is 103 Å². The number of benzene rings is 2. The number of aryl methyl sites for hydroxylation is 2. The monoisotopic (exact) mass is 542 g/mol. The zero-order valence-corrected chi connectivity index (χ0v) is 24.0. The van der Waals surface area contributed by atoms with E-state index in [-0.39, 0.29) is 23.2 Å². The second-order valence-electron chi connectivity index (χ2n) is 9.63. The van der Waals surface area contributed by atoms with Crippen LogP contribution in [0.4, 0.5) is 5.82 Å². The van der Waals surface area contributed by atoms with E-state index in [2.05, 4.69) is 47.3 Å². The average Bonchev–Trinajstić information content (AvgIpc) is 2.86. The molecule has 0 aliphatic carbocycles. The summed E-state index contributed by atoms with van der Waals surface area (Å²) >= 11 is 0. The Labute approximate surface area is 226 Å². The van der Waals surface area contributed by atoms with Crippen LogP contribution in [0.5, 0.6) is 17.4 Å². The summed E-state index contributed by atoms with van der Waals surface area (Å²) in [5.41, 5.74) is 2.36. The average molecular weight is 543 g/mol. The van der Waals surface area contributed by atoms with Gasteiger partial charge in [-0.1, -0.05) is 23.8 Å². The number of ether oxygens (including phenoxy) is 3. The Balaban J connectivity index is 1.74. The van der Waals surface area contributed by atoms with Crippen LogP contribution >= 0.6 is 0 Å². The molecule has 0 aliphatic rings. The largest absolute Gasteiger partial charge is 0.493 e. The molecule has 0 bridgehead atoms. The van der Waals surface area contributed by atoms with E-state index in [4.69, 9.17) is 14.2 Å². The Morgan fingerprint density at radius 2 is 1.63 bits per heavy atom. The van der Waals surface area contributed by atoms with Crippen LogP contribution in [0.15, 0.2) is 53.6 Å². The van der Waals surface area contributed by atoms with E-state index in [1.807, 2.05) is 25.1 Å². The number of rotatable bonds is 13. The third-order valence-corrected chi connectivity index (χ3v) is 7.32. The number of hydrogen-bond donors (Lipinski definition) is 1. The normalized spacial score (nSPS) is 11.7. The molecule has 1 aromatic heterocycles. The Hall–Kier alpha value is -3.37. The molecule has 3 rings (SSSR count). The van der Waals surface area contributed by atoms with Crippen molar-refractivity contribution in [1.82, 2.24) is 14.9 Å². The van der Waals surface area contributed by atoms with E-state index in [0.717, 1.165) is 17.7 Å². The first-order valence-electron chi connectivity index (χ1n) is 12.6. The molecule has 1 N–H and O–H groups in total. The van der Waals surface area contributed by atoms with Gasteiger partial charge in [0.25, 0.3) is 15.9 Å². The highest BCUT2D eigenvalue weighted by molar-refractivity contribution is 7.92. The summed E-state index contributed by atoms with van der Waals surface area (Å²) in [6, 6.07) is 12.9. The van der Waals surface area contributed by atoms with E-state index in [1.54, 1.807) is 38.3 Å². The molecule has 1 heterocycles. The van der Waals surface area contributed by atoms with Crippen LogP contribution in [0.1, 0.15) is 44.5 Å². The lowest BCUT2D eigenvalue weighted by Crippen LogP contribution is -2.39. The first kappa shape index (κ1) is 29.2. The van der Waals surface area contributed by atoms with E-state index in [1.165, 1.54) is 6.20 Å². The van der Waals surface area contributed by atoms with Gasteiger partial charge in [0.1, 0.15) is 13.2 Å². The van der Waals surface area contributed by atoms with Crippen LogP contribution < -0.4 is 18.9 Å². The van der Waals surface area contributed by atoms with Gasteiger partial charge < -0.3 is 14.2 Å². The summed E-state index contributed by atoms with van der Waals surface area (Å²) in [4.78, 5) is 11.1. The quantitative estimate of drug-likeness (QED) is 0.323. The fourth-order valence-electron chi connectivity index (χ4n) is 3.98. The summed E-state index contributed by atoms with van der Waals surface area (Å²) < 4.78 is 45.8. The second kappa shape index (κ2) is 12.9. The predicted molar refractivity (Wildman–Crippen MR) is 149 cm³/mol. The maximum absolute atomic E-state index is 12.9. The minimum atomic E-state index is -3.87. The van der Waals surface area contributed by atoms with E-state index in [0.29, 0.717) is 35.9 Å². The number of aromatic nitrogens is 2. The van der Waals surface area contributed by atoms with Gasteiger partial charge in [-0.05, 0) is 71.4 Å². The lowest BCUT2D eigenvalue weighted by Gasteiger charge is -2.30. The molecule has 0 spiro atoms. The molecule has 38 heavy (non-hydrogen) atoms. The van der Waals surface area contributed by atoms with Crippen LogP contribution in [0, 0.1) is 13.8 Å². The van der Waals surface area contributed by atoms with Gasteiger partial charge in [-0.2, -0.15) is 0 Å². The fraction of sp³-hybridized carbons (Fsp3) is 0.429. The predicted octanol–water partition coefficient (Wildman–Crippen LogP) is 4.98. The maximum atomic E-state index is 12.9. The van der Waals surface area contributed by atoms with Crippen LogP contribution in [-0.2, 0) is 16.6 Å². The molecule has 0 unspecified atom stereocenters. The molecular weight excluding hydrogens is 504 g/mol. The van der Waals surface area contributed by atoms with Crippen molar-refractivity contribution >= 4 is 15.8 Å². The lowest BCUT2D eigenvalue weighted by molar-refractivity contribution is 0.140. The van der Waals surface area contributed by atoms with Crippen LogP contribution in [0.3, 0.4) is 0 Å². The van der Waals surface area contributed by atoms with Crippen molar-refractivity contribution in [3.8, 4) is 17.4 Å². The molecule has 0 atom stereocenters. The van der Waals surface area contributed by atoms with Crippen molar-refractivity contribution in [1.29, 1.82) is 0 Å². The molecule has 2 aromatic carbocycles. The first-order chi connectivity index (χ1) is 18.0. The summed E-state index contributed by atoms with van der Waals surface area (Å²) in [7, 11) is -2.27. The van der Waals surface area contributed by atoms with E-state index < -0.39 is 10.0 Å². The van der Waals surface area contributed by atoms with Crippen LogP contribution in [0.2, 0.25) is 0 Å². The summed E-state index contributed by atoms with van der Waals surface area (Å²) in [5, 5.41) is 0. The van der Waals surface area contributed by atoms with Gasteiger partial charge in [-0.15, -0.1) is 0 Å². The van der Waals surface area contributed by atoms with Crippen molar-refractivity contribution in [3.63, 3.8) is 0 Å². The summed E-state index contributed by atoms with van der Waals surface area (Å²) in [6.45, 7) is 13.7. The second-order valence-corrected chi connectivity index (χ2v) is 11.3. The number of sulfonamides is 1. The number of nitrogens with zero attached hydrogens (tertiary/aromatic N) is 3. The van der Waals surface area contributed by atoms with Gasteiger partial charge in [-0.25, -0.2) is 18.4 Å². The number of hydrogen-bond acceptors (Lipinski definition) is 8. The zero-order valence-electron chi connectivity index (χ0n) is 23.2. The fourth-order valence-corrected chi connectivity index (χ4v) is 4.99. The minimum absolute atomic E-state index is 0.0172. The standard InChI is InChI=1S/C28H38N4O5S/c1-19(2)32(20(3)4)14-15-36-26-16-23(10-13-25(26)35-7)18-37-28-27(29-17-22(6)30-28)31-38(33,34)24-11-8-21(5)9-12-24/h8-13,16-17,19-20H,14-15,18H2,1-7H3,(H,29,31). The van der Waals surface area contributed by atoms with Gasteiger partial charge in [0.2, 0.25) is 5.82 Å². The van der Waals surface area contributed by atoms with Crippen molar-refractivity contribution < 1.29 is 22.6 Å². The van der Waals surface area contributed by atoms with Crippen molar-refractivity contribution in [2.45, 2.75) is 65.1 Å². The zero-order chi connectivity index (χ0) is 27.9. The lowest BCUT2D eigenvalue weighted by atomic mass is 10.2. The summed E-state index contributed by atoms with van der Waals surface area (Å²) in [5.74, 6) is 1.33. The highest BCUT2D eigenvalue weighted by Gasteiger charge is 2.19. The van der Waals surface area contributed by atoms with Gasteiger partial charge in [0.05, 0.1) is 23.9 Å². The van der Waals surface area contributed by atoms with Crippen LogP contribution in [0.25, 0.3) is 0 Å². The summed E-state index contributed by atoms with van der Waals surface area (Å²) in [6.07, 6.45) is 1.48. The highest BCUT2D eigenvalue weighted by Crippen LogP contribution is 2.30. The number of methoxy groups -OCH3 is 1. The van der Waals surface area contributed by atoms with Gasteiger partial charge >= 0.3 is 0 Å². The first-order valence-corrected chi connectivity index (χ1v) is 14.1. The maximum Gasteiger partial charge on any atom is 0.263 e. The third-order valence-electron chi connectivity index (χ3n) is 5.96. The molecular formula is C28H38N4O5S. The van der Waals surface area contributed by atoms with Crippen LogP contribution in [-0.4, -0.2) is 55.6 Å². The molecule has 206 valence electrons. The molecule has 0 saturated carbocycles. The number of anilines is 1. The van der Waals surface area contributed by atoms with Crippen molar-refractivity contribution in [2.24, 2.45) is 0 Å². The minimum Gasteiger partial charge on any atom is -0.493 e. The Morgan fingerprint density at radius 3 is 2.26 bits per heavy atom. The molecule has 3 aromatic rings. The molecule has 0 aliphatic heterocycles. The molecule has 9 nitrogen and oxygen atoms in total. The van der Waals surface area contributed by atoms with Gasteiger partial charge in [0, 0.05) is 18.6 Å². The number of nitrogens with one attached hydrogen (secondary N) is 1. The van der Waals surface area contributed by atoms with Gasteiger partial charge in [0.15, 0.2) is 11.5 Å². The Morgan fingerprint density at radius 1 is 0.947 bits per heavy atom. The molecule has 10 heteroatoms. The molecule has 0 amide bonds. The smallest absolute Gasteiger partial charge is 0.263 e.